The SMILES string of the molecule is O=C(CNc1cc(CO)ccc1Cl)Nc1ccccc1C(=O)NC1CCCC1. The molecule has 1 aliphatic carbocycles. The lowest BCUT2D eigenvalue weighted by Gasteiger charge is -2.15. The van der Waals surface area contributed by atoms with E-state index in [-0.39, 0.29) is 31.0 Å². The van der Waals surface area contributed by atoms with Gasteiger partial charge in [0.15, 0.2) is 0 Å². The fourth-order valence-electron chi connectivity index (χ4n) is 3.30. The molecule has 148 valence electrons. The molecule has 7 heteroatoms. The quantitative estimate of drug-likeness (QED) is 0.571. The molecule has 1 fully saturated rings. The highest BCUT2D eigenvalue weighted by Gasteiger charge is 2.20. The molecule has 0 radical (unpaired) electrons. The predicted octanol–water partition coefficient (Wildman–Crippen LogP) is 3.56. The van der Waals surface area contributed by atoms with Crippen molar-refractivity contribution in [3.05, 3.63) is 58.6 Å². The van der Waals surface area contributed by atoms with Gasteiger partial charge in [-0.2, -0.15) is 0 Å². The molecule has 0 unspecified atom stereocenters. The average molecular weight is 402 g/mol. The Hall–Kier alpha value is -2.57. The zero-order valence-electron chi connectivity index (χ0n) is 15.5. The van der Waals surface area contributed by atoms with Crippen LogP contribution in [-0.4, -0.2) is 29.5 Å². The lowest BCUT2D eigenvalue weighted by molar-refractivity contribution is -0.114. The Morgan fingerprint density at radius 2 is 1.82 bits per heavy atom. The molecular weight excluding hydrogens is 378 g/mol. The van der Waals surface area contributed by atoms with Crippen LogP contribution in [0.15, 0.2) is 42.5 Å². The summed E-state index contributed by atoms with van der Waals surface area (Å²) in [7, 11) is 0. The van der Waals surface area contributed by atoms with Crippen molar-refractivity contribution in [1.29, 1.82) is 0 Å². The number of rotatable bonds is 7. The summed E-state index contributed by atoms with van der Waals surface area (Å²) in [6, 6.07) is 12.2. The molecule has 0 heterocycles. The number of amides is 2. The van der Waals surface area contributed by atoms with Crippen LogP contribution in [0.2, 0.25) is 5.02 Å². The van der Waals surface area contributed by atoms with Crippen LogP contribution in [0.5, 0.6) is 0 Å². The van der Waals surface area contributed by atoms with Crippen molar-refractivity contribution in [2.75, 3.05) is 17.2 Å². The van der Waals surface area contributed by atoms with E-state index in [2.05, 4.69) is 16.0 Å². The number of hydrogen-bond acceptors (Lipinski definition) is 4. The lowest BCUT2D eigenvalue weighted by Crippen LogP contribution is -2.33. The molecule has 2 amide bonds. The van der Waals surface area contributed by atoms with Gasteiger partial charge in [-0.05, 0) is 42.7 Å². The number of nitrogens with one attached hydrogen (secondary N) is 3. The summed E-state index contributed by atoms with van der Waals surface area (Å²) in [6.07, 6.45) is 4.26. The number of aliphatic hydroxyl groups is 1. The fourth-order valence-corrected chi connectivity index (χ4v) is 3.48. The molecule has 0 saturated heterocycles. The number of hydrogen-bond donors (Lipinski definition) is 4. The van der Waals surface area contributed by atoms with Crippen molar-refractivity contribution < 1.29 is 14.7 Å². The van der Waals surface area contributed by atoms with E-state index in [0.29, 0.717) is 27.5 Å². The van der Waals surface area contributed by atoms with E-state index in [1.165, 1.54) is 0 Å². The monoisotopic (exact) mass is 401 g/mol. The van der Waals surface area contributed by atoms with Crippen LogP contribution >= 0.6 is 11.6 Å². The average Bonchev–Trinajstić information content (AvgIpc) is 3.20. The first-order valence-corrected chi connectivity index (χ1v) is 9.77. The second-order valence-electron chi connectivity index (χ2n) is 6.87. The first-order chi connectivity index (χ1) is 13.6. The van der Waals surface area contributed by atoms with E-state index in [4.69, 9.17) is 11.6 Å². The van der Waals surface area contributed by atoms with Crippen molar-refractivity contribution in [1.82, 2.24) is 5.32 Å². The second-order valence-corrected chi connectivity index (χ2v) is 7.28. The number of aliphatic hydroxyl groups excluding tert-OH is 1. The van der Waals surface area contributed by atoms with Gasteiger partial charge in [-0.1, -0.05) is 42.6 Å². The van der Waals surface area contributed by atoms with Crippen LogP contribution in [0.4, 0.5) is 11.4 Å². The van der Waals surface area contributed by atoms with Crippen molar-refractivity contribution in [3.8, 4) is 0 Å². The largest absolute Gasteiger partial charge is 0.392 e. The molecule has 2 aromatic rings. The molecule has 2 aromatic carbocycles. The Labute approximate surface area is 169 Å². The van der Waals surface area contributed by atoms with Crippen molar-refractivity contribution in [3.63, 3.8) is 0 Å². The van der Waals surface area contributed by atoms with Crippen molar-refractivity contribution >= 4 is 34.8 Å². The molecule has 0 aliphatic heterocycles. The summed E-state index contributed by atoms with van der Waals surface area (Å²) in [5.41, 5.74) is 2.18. The third kappa shape index (κ3) is 5.24. The van der Waals surface area contributed by atoms with Crippen LogP contribution in [0.1, 0.15) is 41.6 Å². The number of benzene rings is 2. The maximum absolute atomic E-state index is 12.6. The van der Waals surface area contributed by atoms with E-state index in [9.17, 15) is 14.7 Å². The Bertz CT molecular complexity index is 851. The van der Waals surface area contributed by atoms with Gasteiger partial charge in [0.05, 0.1) is 35.1 Å². The van der Waals surface area contributed by atoms with Gasteiger partial charge in [0, 0.05) is 6.04 Å². The molecule has 0 bridgehead atoms. The summed E-state index contributed by atoms with van der Waals surface area (Å²) in [5.74, 6) is -0.471. The summed E-state index contributed by atoms with van der Waals surface area (Å²) >= 11 is 6.12. The van der Waals surface area contributed by atoms with Crippen LogP contribution in [0.25, 0.3) is 0 Å². The molecule has 6 nitrogen and oxygen atoms in total. The minimum atomic E-state index is -0.299. The van der Waals surface area contributed by atoms with E-state index in [1.54, 1.807) is 42.5 Å². The molecule has 0 atom stereocenters. The lowest BCUT2D eigenvalue weighted by atomic mass is 10.1. The molecule has 0 spiro atoms. The second kappa shape index (κ2) is 9.57. The van der Waals surface area contributed by atoms with E-state index in [1.807, 2.05) is 0 Å². The van der Waals surface area contributed by atoms with Gasteiger partial charge >= 0.3 is 0 Å². The molecule has 3 rings (SSSR count). The Morgan fingerprint density at radius 1 is 1.07 bits per heavy atom. The topological polar surface area (TPSA) is 90.5 Å². The van der Waals surface area contributed by atoms with Crippen LogP contribution in [-0.2, 0) is 11.4 Å². The van der Waals surface area contributed by atoms with E-state index < -0.39 is 0 Å². The van der Waals surface area contributed by atoms with Crippen LogP contribution < -0.4 is 16.0 Å². The zero-order valence-corrected chi connectivity index (χ0v) is 16.3. The Balaban J connectivity index is 1.62. The molecule has 28 heavy (non-hydrogen) atoms. The van der Waals surface area contributed by atoms with E-state index in [0.717, 1.165) is 25.7 Å². The molecule has 1 aliphatic rings. The standard InChI is InChI=1S/C21H24ClN3O3/c22-17-10-9-14(13-26)11-19(17)23-12-20(27)25-18-8-4-3-7-16(18)21(28)24-15-5-1-2-6-15/h3-4,7-11,15,23,26H,1-2,5-6,12-13H2,(H,24,28)(H,25,27). The van der Waals surface area contributed by atoms with Gasteiger partial charge in [0.2, 0.25) is 5.91 Å². The highest BCUT2D eigenvalue weighted by atomic mass is 35.5. The predicted molar refractivity (Wildman–Crippen MR) is 111 cm³/mol. The van der Waals surface area contributed by atoms with Crippen LogP contribution in [0, 0.1) is 0 Å². The van der Waals surface area contributed by atoms with Gasteiger partial charge in [0.25, 0.3) is 5.91 Å². The van der Waals surface area contributed by atoms with Crippen molar-refractivity contribution in [2.24, 2.45) is 0 Å². The van der Waals surface area contributed by atoms with Gasteiger partial charge in [-0.15, -0.1) is 0 Å². The summed E-state index contributed by atoms with van der Waals surface area (Å²) in [5, 5.41) is 18.5. The highest BCUT2D eigenvalue weighted by molar-refractivity contribution is 6.33. The maximum atomic E-state index is 12.6. The molecule has 0 aromatic heterocycles. The summed E-state index contributed by atoms with van der Waals surface area (Å²) in [6.45, 7) is -0.130. The molecule has 4 N–H and O–H groups in total. The first-order valence-electron chi connectivity index (χ1n) is 9.39. The number of carbonyl (C=O) groups excluding carboxylic acids is 2. The Morgan fingerprint density at radius 3 is 2.57 bits per heavy atom. The minimum absolute atomic E-state index is 0.0207. The summed E-state index contributed by atoms with van der Waals surface area (Å²) in [4.78, 5) is 25.0. The molecule has 1 saturated carbocycles. The van der Waals surface area contributed by atoms with Crippen LogP contribution in [0.3, 0.4) is 0 Å². The number of halogens is 1. The van der Waals surface area contributed by atoms with Crippen molar-refractivity contribution in [2.45, 2.75) is 38.3 Å². The summed E-state index contributed by atoms with van der Waals surface area (Å²) < 4.78 is 0. The van der Waals surface area contributed by atoms with Gasteiger partial charge < -0.3 is 21.1 Å². The van der Waals surface area contributed by atoms with E-state index >= 15 is 0 Å². The maximum Gasteiger partial charge on any atom is 0.253 e. The highest BCUT2D eigenvalue weighted by Crippen LogP contribution is 2.23. The number of anilines is 2. The smallest absolute Gasteiger partial charge is 0.253 e. The molecular formula is C21H24ClN3O3. The number of para-hydroxylation sites is 1. The minimum Gasteiger partial charge on any atom is -0.392 e. The third-order valence-corrected chi connectivity index (χ3v) is 5.12. The third-order valence-electron chi connectivity index (χ3n) is 4.79. The number of carbonyl (C=O) groups is 2. The van der Waals surface area contributed by atoms with Gasteiger partial charge in [-0.25, -0.2) is 0 Å². The fraction of sp³-hybridized carbons (Fsp3) is 0.333. The zero-order chi connectivity index (χ0) is 19.9. The van der Waals surface area contributed by atoms with Gasteiger partial charge in [-0.3, -0.25) is 9.59 Å². The Kier molecular flexibility index (Phi) is 6.90. The van der Waals surface area contributed by atoms with Gasteiger partial charge in [0.1, 0.15) is 0 Å². The first kappa shape index (κ1) is 20.2. The normalized spacial score (nSPS) is 13.9.